The number of nitrogens with two attached hydrogens (primary N) is 1. The lowest BCUT2D eigenvalue weighted by Gasteiger charge is -2.11. The summed E-state index contributed by atoms with van der Waals surface area (Å²) in [6.07, 6.45) is -4.65. The molecular weight excluding hydrogens is 321 g/mol. The normalized spacial score (nSPS) is 11.9. The Morgan fingerprint density at radius 2 is 1.83 bits per heavy atom. The molecule has 0 aliphatic carbocycles. The summed E-state index contributed by atoms with van der Waals surface area (Å²) in [5, 5.41) is 8.46. The Hall–Kier alpha value is -2.91. The Balaban J connectivity index is 2.03. The number of alkyl halides is 3. The van der Waals surface area contributed by atoms with Crippen molar-refractivity contribution < 1.29 is 22.0 Å². The number of aromatic amines is 1. The number of pyridine rings is 1. The third-order valence-electron chi connectivity index (χ3n) is 3.08. The summed E-state index contributed by atoms with van der Waals surface area (Å²) in [5.41, 5.74) is 3.96. The summed E-state index contributed by atoms with van der Waals surface area (Å²) >= 11 is 0. The maximum Gasteiger partial charge on any atom is 0.416 e. The highest BCUT2D eigenvalue weighted by Crippen LogP contribution is 2.33. The van der Waals surface area contributed by atoms with Gasteiger partial charge in [-0.05, 0) is 24.3 Å². The van der Waals surface area contributed by atoms with Crippen LogP contribution in [0.2, 0.25) is 0 Å². The van der Waals surface area contributed by atoms with Crippen molar-refractivity contribution in [1.82, 2.24) is 15.2 Å². The van der Waals surface area contributed by atoms with Crippen LogP contribution < -0.4 is 11.1 Å². The van der Waals surface area contributed by atoms with Gasteiger partial charge in [0.15, 0.2) is 23.1 Å². The summed E-state index contributed by atoms with van der Waals surface area (Å²) in [6, 6.07) is 2.75. The molecular formula is C13H8F5N5. The summed E-state index contributed by atoms with van der Waals surface area (Å²) < 4.78 is 65.6. The standard InChI is InChI=1S/C13H8F5N5/c14-7-2-1-5(13(16,17)18)3-9(7)20-12-8(15)4-6-10(19)22-23-11(6)21-12/h1-4H,(H4,19,20,21,22,23). The van der Waals surface area contributed by atoms with Crippen LogP contribution in [0.25, 0.3) is 11.0 Å². The molecule has 0 aliphatic heterocycles. The lowest BCUT2D eigenvalue weighted by Crippen LogP contribution is -2.07. The van der Waals surface area contributed by atoms with Gasteiger partial charge < -0.3 is 11.1 Å². The zero-order valence-corrected chi connectivity index (χ0v) is 11.2. The van der Waals surface area contributed by atoms with Gasteiger partial charge in [0.25, 0.3) is 0 Å². The fourth-order valence-electron chi connectivity index (χ4n) is 1.96. The van der Waals surface area contributed by atoms with Crippen molar-refractivity contribution in [2.24, 2.45) is 0 Å². The molecule has 0 aliphatic rings. The van der Waals surface area contributed by atoms with E-state index in [9.17, 15) is 22.0 Å². The third kappa shape index (κ3) is 2.74. The third-order valence-corrected chi connectivity index (χ3v) is 3.08. The predicted octanol–water partition coefficient (Wildman–Crippen LogP) is 3.58. The molecule has 0 saturated carbocycles. The summed E-state index contributed by atoms with van der Waals surface area (Å²) in [6.45, 7) is 0. The molecule has 0 radical (unpaired) electrons. The highest BCUT2D eigenvalue weighted by Gasteiger charge is 2.31. The molecule has 0 bridgehead atoms. The number of anilines is 3. The number of nitrogens with zero attached hydrogens (tertiary/aromatic N) is 2. The Kier molecular flexibility index (Phi) is 3.31. The van der Waals surface area contributed by atoms with Crippen LogP contribution in [0.1, 0.15) is 5.56 Å². The van der Waals surface area contributed by atoms with E-state index in [0.29, 0.717) is 18.2 Å². The number of nitrogen functional groups attached to an aromatic ring is 1. The average Bonchev–Trinajstić information content (AvgIpc) is 2.81. The molecule has 0 amide bonds. The number of rotatable bonds is 2. The molecule has 23 heavy (non-hydrogen) atoms. The molecule has 0 unspecified atom stereocenters. The number of benzene rings is 1. The molecule has 4 N–H and O–H groups in total. The van der Waals surface area contributed by atoms with Gasteiger partial charge in [-0.25, -0.2) is 13.8 Å². The predicted molar refractivity (Wildman–Crippen MR) is 72.9 cm³/mol. The number of H-pyrrole nitrogens is 1. The van der Waals surface area contributed by atoms with Crippen molar-refractivity contribution in [3.8, 4) is 0 Å². The van der Waals surface area contributed by atoms with Crippen LogP contribution in [0.3, 0.4) is 0 Å². The van der Waals surface area contributed by atoms with E-state index in [0.717, 1.165) is 6.07 Å². The zero-order chi connectivity index (χ0) is 16.8. The van der Waals surface area contributed by atoms with Crippen LogP contribution in [0, 0.1) is 11.6 Å². The van der Waals surface area contributed by atoms with Gasteiger partial charge in [0.2, 0.25) is 0 Å². The zero-order valence-electron chi connectivity index (χ0n) is 11.2. The SMILES string of the molecule is Nc1n[nH]c2nc(Nc3cc(C(F)(F)F)ccc3F)c(F)cc12. The topological polar surface area (TPSA) is 79.6 Å². The van der Waals surface area contributed by atoms with Crippen LogP contribution in [0.15, 0.2) is 24.3 Å². The number of hydrogen-bond donors (Lipinski definition) is 3. The molecule has 2 aromatic heterocycles. The molecule has 120 valence electrons. The van der Waals surface area contributed by atoms with Gasteiger partial charge in [-0.2, -0.15) is 18.3 Å². The van der Waals surface area contributed by atoms with Crippen molar-refractivity contribution in [2.45, 2.75) is 6.18 Å². The van der Waals surface area contributed by atoms with Crippen molar-refractivity contribution in [3.63, 3.8) is 0 Å². The molecule has 2 heterocycles. The van der Waals surface area contributed by atoms with Crippen molar-refractivity contribution in [1.29, 1.82) is 0 Å². The van der Waals surface area contributed by atoms with E-state index in [-0.39, 0.29) is 16.9 Å². The lowest BCUT2D eigenvalue weighted by atomic mass is 10.2. The Morgan fingerprint density at radius 1 is 1.09 bits per heavy atom. The van der Waals surface area contributed by atoms with E-state index in [1.807, 2.05) is 0 Å². The first-order chi connectivity index (χ1) is 10.8. The minimum atomic E-state index is -4.65. The molecule has 0 saturated heterocycles. The van der Waals surface area contributed by atoms with E-state index >= 15 is 0 Å². The second-order valence-corrected chi connectivity index (χ2v) is 4.64. The summed E-state index contributed by atoms with van der Waals surface area (Å²) in [5.74, 6) is -2.34. The van der Waals surface area contributed by atoms with Gasteiger partial charge in [0, 0.05) is 0 Å². The largest absolute Gasteiger partial charge is 0.416 e. The number of fused-ring (bicyclic) bond motifs is 1. The van der Waals surface area contributed by atoms with Gasteiger partial charge in [0.05, 0.1) is 16.6 Å². The van der Waals surface area contributed by atoms with E-state index in [1.165, 1.54) is 0 Å². The fourth-order valence-corrected chi connectivity index (χ4v) is 1.96. The summed E-state index contributed by atoms with van der Waals surface area (Å²) in [7, 11) is 0. The van der Waals surface area contributed by atoms with Crippen LogP contribution >= 0.6 is 0 Å². The average molecular weight is 329 g/mol. The number of hydrogen-bond acceptors (Lipinski definition) is 4. The van der Waals surface area contributed by atoms with Crippen LogP contribution in [-0.2, 0) is 6.18 Å². The molecule has 0 spiro atoms. The van der Waals surface area contributed by atoms with E-state index in [4.69, 9.17) is 5.73 Å². The van der Waals surface area contributed by atoms with Gasteiger partial charge in [-0.1, -0.05) is 0 Å². The minimum Gasteiger partial charge on any atom is -0.382 e. The molecule has 0 fully saturated rings. The maximum absolute atomic E-state index is 14.0. The first-order valence-corrected chi connectivity index (χ1v) is 6.19. The molecule has 3 rings (SSSR count). The Morgan fingerprint density at radius 3 is 2.52 bits per heavy atom. The van der Waals surface area contributed by atoms with Gasteiger partial charge in [0.1, 0.15) is 5.82 Å². The van der Waals surface area contributed by atoms with Crippen LogP contribution in [0.4, 0.5) is 39.3 Å². The van der Waals surface area contributed by atoms with Crippen molar-refractivity contribution in [3.05, 3.63) is 41.5 Å². The number of halogens is 5. The maximum atomic E-state index is 14.0. The van der Waals surface area contributed by atoms with Gasteiger partial charge in [-0.3, -0.25) is 5.10 Å². The molecule has 1 aromatic carbocycles. The second-order valence-electron chi connectivity index (χ2n) is 4.64. The summed E-state index contributed by atoms with van der Waals surface area (Å²) in [4.78, 5) is 3.79. The number of aromatic nitrogens is 3. The fraction of sp³-hybridized carbons (Fsp3) is 0.0769. The van der Waals surface area contributed by atoms with E-state index < -0.39 is 34.9 Å². The lowest BCUT2D eigenvalue weighted by molar-refractivity contribution is -0.137. The van der Waals surface area contributed by atoms with Gasteiger partial charge >= 0.3 is 6.18 Å². The van der Waals surface area contributed by atoms with Crippen LogP contribution in [-0.4, -0.2) is 15.2 Å². The molecule has 3 aromatic rings. The van der Waals surface area contributed by atoms with Crippen molar-refractivity contribution >= 4 is 28.4 Å². The van der Waals surface area contributed by atoms with E-state index in [1.54, 1.807) is 0 Å². The molecule has 5 nitrogen and oxygen atoms in total. The number of nitrogens with one attached hydrogen (secondary N) is 2. The quantitative estimate of drug-likeness (QED) is 0.628. The molecule has 0 atom stereocenters. The first-order valence-electron chi connectivity index (χ1n) is 6.19. The monoisotopic (exact) mass is 329 g/mol. The van der Waals surface area contributed by atoms with Crippen LogP contribution in [0.5, 0.6) is 0 Å². The first kappa shape index (κ1) is 15.0. The smallest absolute Gasteiger partial charge is 0.382 e. The van der Waals surface area contributed by atoms with E-state index in [2.05, 4.69) is 20.5 Å². The Labute approximate surface area is 125 Å². The minimum absolute atomic E-state index is 0.0169. The molecule has 10 heteroatoms. The van der Waals surface area contributed by atoms with Gasteiger partial charge in [-0.15, -0.1) is 0 Å². The second kappa shape index (κ2) is 5.07. The Bertz CT molecular complexity index is 886. The highest BCUT2D eigenvalue weighted by atomic mass is 19.4. The van der Waals surface area contributed by atoms with Crippen molar-refractivity contribution in [2.75, 3.05) is 11.1 Å². The highest BCUT2D eigenvalue weighted by molar-refractivity contribution is 5.87.